The summed E-state index contributed by atoms with van der Waals surface area (Å²) in [6, 6.07) is 18.2. The van der Waals surface area contributed by atoms with Gasteiger partial charge in [-0.15, -0.1) is 12.4 Å². The number of carbonyl (C=O) groups is 1. The molecule has 0 aliphatic rings. The second kappa shape index (κ2) is 6.92. The van der Waals surface area contributed by atoms with E-state index in [0.717, 1.165) is 11.3 Å². The fourth-order valence-electron chi connectivity index (χ4n) is 1.79. The van der Waals surface area contributed by atoms with E-state index in [-0.39, 0.29) is 18.3 Å². The maximum Gasteiger partial charge on any atom is 0.248 e. The summed E-state index contributed by atoms with van der Waals surface area (Å²) in [4.78, 5) is 13.8. The molecule has 0 aliphatic carbocycles. The van der Waals surface area contributed by atoms with Crippen molar-refractivity contribution in [1.29, 1.82) is 0 Å². The predicted octanol–water partition coefficient (Wildman–Crippen LogP) is 2.77. The van der Waals surface area contributed by atoms with Crippen LogP contribution in [0.25, 0.3) is 0 Å². The van der Waals surface area contributed by atoms with Crippen LogP contribution in [0.15, 0.2) is 60.7 Å². The Balaban J connectivity index is 0.00000180. The molecule has 0 aliphatic heterocycles. The topological polar surface area (TPSA) is 46.3 Å². The Morgan fingerprint density at radius 3 is 2.00 bits per heavy atom. The van der Waals surface area contributed by atoms with Crippen LogP contribution >= 0.6 is 12.4 Å². The van der Waals surface area contributed by atoms with Crippen molar-refractivity contribution in [1.82, 2.24) is 0 Å². The predicted molar refractivity (Wildman–Crippen MR) is 80.5 cm³/mol. The minimum atomic E-state index is -0.628. The van der Waals surface area contributed by atoms with Crippen molar-refractivity contribution in [2.45, 2.75) is 6.04 Å². The van der Waals surface area contributed by atoms with E-state index in [2.05, 4.69) is 0 Å². The highest BCUT2D eigenvalue weighted by molar-refractivity contribution is 5.97. The van der Waals surface area contributed by atoms with Gasteiger partial charge in [0.15, 0.2) is 0 Å². The minimum Gasteiger partial charge on any atom is -0.316 e. The van der Waals surface area contributed by atoms with E-state index in [1.54, 1.807) is 11.9 Å². The summed E-state index contributed by atoms with van der Waals surface area (Å²) in [5.41, 5.74) is 7.65. The van der Waals surface area contributed by atoms with Gasteiger partial charge in [-0.25, -0.2) is 0 Å². The Hall–Kier alpha value is -1.84. The first-order valence-electron chi connectivity index (χ1n) is 5.83. The van der Waals surface area contributed by atoms with Crippen molar-refractivity contribution in [2.24, 2.45) is 5.73 Å². The van der Waals surface area contributed by atoms with Crippen molar-refractivity contribution in [3.8, 4) is 0 Å². The van der Waals surface area contributed by atoms with E-state index in [0.29, 0.717) is 0 Å². The minimum absolute atomic E-state index is 0. The van der Waals surface area contributed by atoms with Gasteiger partial charge >= 0.3 is 0 Å². The second-order valence-electron chi connectivity index (χ2n) is 4.12. The molecule has 0 fully saturated rings. The van der Waals surface area contributed by atoms with Crippen molar-refractivity contribution >= 4 is 24.0 Å². The lowest BCUT2D eigenvalue weighted by atomic mass is 10.1. The lowest BCUT2D eigenvalue weighted by Crippen LogP contribution is -2.35. The average Bonchev–Trinajstić information content (AvgIpc) is 2.47. The van der Waals surface area contributed by atoms with E-state index in [1.165, 1.54) is 0 Å². The molecule has 0 bridgehead atoms. The Morgan fingerprint density at radius 2 is 1.47 bits per heavy atom. The Morgan fingerprint density at radius 1 is 1.00 bits per heavy atom. The molecule has 0 heterocycles. The molecule has 2 rings (SSSR count). The number of amides is 1. The SMILES string of the molecule is CN(C(=O)[C@@H](N)c1ccccc1)c1ccccc1.Cl. The van der Waals surface area contributed by atoms with Gasteiger partial charge in [0.05, 0.1) is 0 Å². The normalized spacial score (nSPS) is 11.3. The van der Waals surface area contributed by atoms with Gasteiger partial charge in [0.25, 0.3) is 0 Å². The van der Waals surface area contributed by atoms with Crippen LogP contribution < -0.4 is 10.6 Å². The standard InChI is InChI=1S/C15H16N2O.ClH/c1-17(13-10-6-3-7-11-13)15(18)14(16)12-8-4-2-5-9-12;/h2-11,14H,16H2,1H3;1H/t14-;/m0./s1. The number of nitrogens with two attached hydrogens (primary N) is 1. The molecule has 19 heavy (non-hydrogen) atoms. The number of hydrogen-bond donors (Lipinski definition) is 1. The van der Waals surface area contributed by atoms with E-state index in [1.807, 2.05) is 60.7 Å². The number of likely N-dealkylation sites (N-methyl/N-ethyl adjacent to an activating group) is 1. The highest BCUT2D eigenvalue weighted by atomic mass is 35.5. The summed E-state index contributed by atoms with van der Waals surface area (Å²) in [5, 5.41) is 0. The van der Waals surface area contributed by atoms with Gasteiger partial charge in [-0.2, -0.15) is 0 Å². The van der Waals surface area contributed by atoms with Gasteiger partial charge in [-0.05, 0) is 17.7 Å². The van der Waals surface area contributed by atoms with Gasteiger partial charge in [0.1, 0.15) is 6.04 Å². The van der Waals surface area contributed by atoms with Crippen molar-refractivity contribution in [3.05, 3.63) is 66.2 Å². The van der Waals surface area contributed by atoms with Crippen LogP contribution in [0.2, 0.25) is 0 Å². The summed E-state index contributed by atoms with van der Waals surface area (Å²) in [6.45, 7) is 0. The average molecular weight is 277 g/mol. The van der Waals surface area contributed by atoms with Gasteiger partial charge in [-0.1, -0.05) is 48.5 Å². The number of hydrogen-bond acceptors (Lipinski definition) is 2. The Labute approximate surface area is 119 Å². The molecule has 2 aromatic rings. The van der Waals surface area contributed by atoms with Gasteiger partial charge in [0.2, 0.25) is 5.91 Å². The molecule has 2 aromatic carbocycles. The molecule has 0 saturated heterocycles. The summed E-state index contributed by atoms with van der Waals surface area (Å²) in [5.74, 6) is -0.118. The van der Waals surface area contributed by atoms with Crippen LogP contribution in [0.3, 0.4) is 0 Å². The van der Waals surface area contributed by atoms with Crippen LogP contribution in [0, 0.1) is 0 Å². The lowest BCUT2D eigenvalue weighted by molar-refractivity contribution is -0.119. The fourth-order valence-corrected chi connectivity index (χ4v) is 1.79. The van der Waals surface area contributed by atoms with Crippen LogP contribution in [0.1, 0.15) is 11.6 Å². The molecule has 0 saturated carbocycles. The summed E-state index contributed by atoms with van der Waals surface area (Å²) < 4.78 is 0. The second-order valence-corrected chi connectivity index (χ2v) is 4.12. The van der Waals surface area contributed by atoms with Gasteiger partial charge in [-0.3, -0.25) is 4.79 Å². The first kappa shape index (κ1) is 15.2. The molecule has 0 aromatic heterocycles. The van der Waals surface area contributed by atoms with E-state index in [4.69, 9.17) is 5.73 Å². The number of para-hydroxylation sites is 1. The van der Waals surface area contributed by atoms with Gasteiger partial charge < -0.3 is 10.6 Å². The molecular weight excluding hydrogens is 260 g/mol. The third-order valence-electron chi connectivity index (χ3n) is 2.90. The van der Waals surface area contributed by atoms with Gasteiger partial charge in [0, 0.05) is 12.7 Å². The number of rotatable bonds is 3. The number of nitrogens with zero attached hydrogens (tertiary/aromatic N) is 1. The number of carbonyl (C=O) groups excluding carboxylic acids is 1. The molecule has 2 N–H and O–H groups in total. The van der Waals surface area contributed by atoms with E-state index >= 15 is 0 Å². The Kier molecular flexibility index (Phi) is 5.55. The summed E-state index contributed by atoms with van der Waals surface area (Å²) in [6.07, 6.45) is 0. The first-order valence-corrected chi connectivity index (χ1v) is 5.83. The smallest absolute Gasteiger partial charge is 0.248 e. The zero-order valence-electron chi connectivity index (χ0n) is 10.7. The van der Waals surface area contributed by atoms with Crippen LogP contribution in [0.4, 0.5) is 5.69 Å². The lowest BCUT2D eigenvalue weighted by Gasteiger charge is -2.21. The fraction of sp³-hybridized carbons (Fsp3) is 0.133. The van der Waals surface area contributed by atoms with Crippen LogP contribution in [-0.2, 0) is 4.79 Å². The molecule has 0 unspecified atom stereocenters. The third-order valence-corrected chi connectivity index (χ3v) is 2.90. The van der Waals surface area contributed by atoms with Crippen molar-refractivity contribution in [3.63, 3.8) is 0 Å². The molecule has 0 radical (unpaired) electrons. The molecule has 3 nitrogen and oxygen atoms in total. The van der Waals surface area contributed by atoms with E-state index in [9.17, 15) is 4.79 Å². The van der Waals surface area contributed by atoms with Crippen molar-refractivity contribution in [2.75, 3.05) is 11.9 Å². The summed E-state index contributed by atoms with van der Waals surface area (Å²) in [7, 11) is 1.74. The highest BCUT2D eigenvalue weighted by Crippen LogP contribution is 2.17. The maximum absolute atomic E-state index is 12.2. The molecular formula is C15H17ClN2O. The largest absolute Gasteiger partial charge is 0.316 e. The first-order chi connectivity index (χ1) is 8.70. The number of halogens is 1. The number of anilines is 1. The molecule has 4 heteroatoms. The Bertz CT molecular complexity index is 469. The number of benzene rings is 2. The summed E-state index contributed by atoms with van der Waals surface area (Å²) >= 11 is 0. The molecule has 1 amide bonds. The van der Waals surface area contributed by atoms with Crippen molar-refractivity contribution < 1.29 is 4.79 Å². The van der Waals surface area contributed by atoms with E-state index < -0.39 is 6.04 Å². The highest BCUT2D eigenvalue weighted by Gasteiger charge is 2.20. The maximum atomic E-state index is 12.2. The quantitative estimate of drug-likeness (QED) is 0.937. The van der Waals surface area contributed by atoms with Crippen LogP contribution in [-0.4, -0.2) is 13.0 Å². The monoisotopic (exact) mass is 276 g/mol. The zero-order valence-corrected chi connectivity index (χ0v) is 11.5. The molecule has 100 valence electrons. The zero-order chi connectivity index (χ0) is 13.0. The third kappa shape index (κ3) is 3.56. The van der Waals surface area contributed by atoms with Crippen LogP contribution in [0.5, 0.6) is 0 Å². The molecule has 0 spiro atoms. The molecule has 1 atom stereocenters.